The Kier molecular flexibility index (Phi) is 5.56. The van der Waals surface area contributed by atoms with Crippen molar-refractivity contribution in [2.45, 2.75) is 25.3 Å². The van der Waals surface area contributed by atoms with Gasteiger partial charge >= 0.3 is 0 Å². The molecule has 0 fully saturated rings. The smallest absolute Gasteiger partial charge is 0.251 e. The average Bonchev–Trinajstić information content (AvgIpc) is 2.33. The molecule has 20 heavy (non-hydrogen) atoms. The summed E-state index contributed by atoms with van der Waals surface area (Å²) in [5, 5.41) is 2.70. The quantitative estimate of drug-likeness (QED) is 0.780. The summed E-state index contributed by atoms with van der Waals surface area (Å²) < 4.78 is 24.9. The topological polar surface area (TPSA) is 75.3 Å². The van der Waals surface area contributed by atoms with E-state index in [0.29, 0.717) is 11.4 Å². The largest absolute Gasteiger partial charge is 0.350 e. The fourth-order valence-corrected chi connectivity index (χ4v) is 2.98. The molecule has 0 aromatic heterocycles. The Morgan fingerprint density at radius 1 is 1.35 bits per heavy atom. The number of benzene rings is 1. The number of nitrogens with one attached hydrogen (secondary N) is 2. The van der Waals surface area contributed by atoms with Crippen molar-refractivity contribution in [3.05, 3.63) is 35.4 Å². The van der Waals surface area contributed by atoms with Crippen molar-refractivity contribution in [3.63, 3.8) is 0 Å². The molecule has 0 aliphatic carbocycles. The predicted octanol–water partition coefficient (Wildman–Crippen LogP) is 1.48. The van der Waals surface area contributed by atoms with Crippen LogP contribution in [0.15, 0.2) is 24.3 Å². The van der Waals surface area contributed by atoms with Crippen LogP contribution < -0.4 is 10.0 Å². The van der Waals surface area contributed by atoms with Gasteiger partial charge in [-0.3, -0.25) is 4.79 Å². The first kappa shape index (κ1) is 16.9. The average molecular weight is 319 g/mol. The van der Waals surface area contributed by atoms with E-state index in [4.69, 9.17) is 11.6 Å². The molecule has 0 bridgehead atoms. The highest BCUT2D eigenvalue weighted by Gasteiger charge is 2.23. The number of hydrogen-bond acceptors (Lipinski definition) is 3. The van der Waals surface area contributed by atoms with E-state index < -0.39 is 15.6 Å². The molecule has 1 aromatic carbocycles. The molecule has 0 saturated carbocycles. The van der Waals surface area contributed by atoms with Gasteiger partial charge in [-0.15, -0.1) is 11.6 Å². The van der Waals surface area contributed by atoms with Crippen molar-refractivity contribution in [2.75, 3.05) is 12.8 Å². The van der Waals surface area contributed by atoms with E-state index in [1.165, 1.54) is 0 Å². The van der Waals surface area contributed by atoms with Gasteiger partial charge in [0.15, 0.2) is 0 Å². The SMILES string of the molecule is CC(C)(CNC(=O)c1cccc(CCl)c1)NS(C)(=O)=O. The maximum absolute atomic E-state index is 12.0. The predicted molar refractivity (Wildman–Crippen MR) is 80.4 cm³/mol. The number of sulfonamides is 1. The van der Waals surface area contributed by atoms with Crippen LogP contribution in [0.1, 0.15) is 29.8 Å². The molecule has 0 saturated heterocycles. The van der Waals surface area contributed by atoms with Crippen molar-refractivity contribution in [3.8, 4) is 0 Å². The van der Waals surface area contributed by atoms with Crippen molar-refractivity contribution in [1.29, 1.82) is 0 Å². The van der Waals surface area contributed by atoms with E-state index >= 15 is 0 Å². The molecular weight excluding hydrogens is 300 g/mol. The van der Waals surface area contributed by atoms with Gasteiger partial charge < -0.3 is 5.32 Å². The lowest BCUT2D eigenvalue weighted by atomic mass is 10.1. The van der Waals surface area contributed by atoms with Crippen molar-refractivity contribution in [2.24, 2.45) is 0 Å². The Hall–Kier alpha value is -1.11. The summed E-state index contributed by atoms with van der Waals surface area (Å²) >= 11 is 5.72. The zero-order chi connectivity index (χ0) is 15.4. The number of hydrogen-bond donors (Lipinski definition) is 2. The number of carbonyl (C=O) groups is 1. The number of halogens is 1. The second-order valence-corrected chi connectivity index (χ2v) is 7.29. The molecule has 1 aromatic rings. The van der Waals surface area contributed by atoms with E-state index in [9.17, 15) is 13.2 Å². The normalized spacial score (nSPS) is 12.2. The van der Waals surface area contributed by atoms with Crippen LogP contribution in [-0.4, -0.2) is 32.7 Å². The number of amides is 1. The van der Waals surface area contributed by atoms with Crippen LogP contribution in [0.4, 0.5) is 0 Å². The van der Waals surface area contributed by atoms with Crippen LogP contribution in [0, 0.1) is 0 Å². The first-order valence-electron chi connectivity index (χ1n) is 6.05. The van der Waals surface area contributed by atoms with Crippen molar-refractivity contribution < 1.29 is 13.2 Å². The van der Waals surface area contributed by atoms with Crippen LogP contribution in [0.5, 0.6) is 0 Å². The van der Waals surface area contributed by atoms with E-state index in [0.717, 1.165) is 11.8 Å². The molecule has 2 N–H and O–H groups in total. The number of alkyl halides is 1. The van der Waals surface area contributed by atoms with Crippen LogP contribution in [0.25, 0.3) is 0 Å². The molecule has 0 heterocycles. The van der Waals surface area contributed by atoms with Gasteiger partial charge in [0.05, 0.1) is 6.26 Å². The van der Waals surface area contributed by atoms with Gasteiger partial charge in [0.25, 0.3) is 5.91 Å². The molecule has 112 valence electrons. The lowest BCUT2D eigenvalue weighted by molar-refractivity contribution is 0.0944. The third-order valence-electron chi connectivity index (χ3n) is 2.50. The summed E-state index contributed by atoms with van der Waals surface area (Å²) in [6.45, 7) is 3.58. The maximum Gasteiger partial charge on any atom is 0.251 e. The van der Waals surface area contributed by atoms with E-state index in [2.05, 4.69) is 10.0 Å². The highest BCUT2D eigenvalue weighted by Crippen LogP contribution is 2.08. The van der Waals surface area contributed by atoms with Gasteiger partial charge in [0.1, 0.15) is 0 Å². The van der Waals surface area contributed by atoms with Crippen molar-refractivity contribution >= 4 is 27.5 Å². The minimum absolute atomic E-state index is 0.185. The van der Waals surface area contributed by atoms with Crippen LogP contribution >= 0.6 is 11.6 Å². The lowest BCUT2D eigenvalue weighted by Crippen LogP contribution is -2.51. The second kappa shape index (κ2) is 6.56. The standard InChI is InChI=1S/C13H19ClN2O3S/c1-13(2,16-20(3,18)19)9-15-12(17)11-6-4-5-10(7-11)8-14/h4-7,16H,8-9H2,1-3H3,(H,15,17). The third-order valence-corrected chi connectivity index (χ3v) is 3.73. The monoisotopic (exact) mass is 318 g/mol. The molecule has 0 aliphatic rings. The third kappa shape index (κ3) is 5.90. The molecule has 5 nitrogen and oxygen atoms in total. The Morgan fingerprint density at radius 3 is 2.55 bits per heavy atom. The van der Waals surface area contributed by atoms with Gasteiger partial charge in [-0.2, -0.15) is 0 Å². The van der Waals surface area contributed by atoms with E-state index in [1.807, 2.05) is 6.07 Å². The molecule has 0 unspecified atom stereocenters. The molecule has 1 rings (SSSR count). The molecular formula is C13H19ClN2O3S. The second-order valence-electron chi connectivity index (χ2n) is 5.27. The maximum atomic E-state index is 12.0. The molecule has 1 amide bonds. The van der Waals surface area contributed by atoms with Crippen LogP contribution in [0.2, 0.25) is 0 Å². The Labute approximate surface area is 124 Å². The fraction of sp³-hybridized carbons (Fsp3) is 0.462. The van der Waals surface area contributed by atoms with Crippen LogP contribution in [0.3, 0.4) is 0 Å². The summed E-state index contributed by atoms with van der Waals surface area (Å²) in [6, 6.07) is 6.98. The van der Waals surface area contributed by atoms with E-state index in [1.54, 1.807) is 32.0 Å². The fourth-order valence-electron chi connectivity index (χ4n) is 1.74. The lowest BCUT2D eigenvalue weighted by Gasteiger charge is -2.25. The van der Waals surface area contributed by atoms with Gasteiger partial charge in [-0.25, -0.2) is 13.1 Å². The zero-order valence-corrected chi connectivity index (χ0v) is 13.3. The number of carbonyl (C=O) groups excluding carboxylic acids is 1. The summed E-state index contributed by atoms with van der Waals surface area (Å²) in [4.78, 5) is 12.0. The Balaban J connectivity index is 2.67. The van der Waals surface area contributed by atoms with Crippen LogP contribution in [-0.2, 0) is 15.9 Å². The highest BCUT2D eigenvalue weighted by molar-refractivity contribution is 7.88. The summed E-state index contributed by atoms with van der Waals surface area (Å²) in [5.74, 6) is 0.0720. The van der Waals surface area contributed by atoms with E-state index in [-0.39, 0.29) is 12.5 Å². The van der Waals surface area contributed by atoms with Gasteiger partial charge in [0, 0.05) is 23.5 Å². The van der Waals surface area contributed by atoms with Gasteiger partial charge in [0.2, 0.25) is 10.0 Å². The first-order valence-corrected chi connectivity index (χ1v) is 8.48. The molecule has 0 aliphatic heterocycles. The molecule has 0 spiro atoms. The molecule has 7 heteroatoms. The minimum Gasteiger partial charge on any atom is -0.350 e. The molecule has 0 atom stereocenters. The zero-order valence-electron chi connectivity index (χ0n) is 11.7. The Morgan fingerprint density at radius 2 is 2.00 bits per heavy atom. The summed E-state index contributed by atoms with van der Waals surface area (Å²) in [6.07, 6.45) is 1.08. The van der Waals surface area contributed by atoms with Gasteiger partial charge in [-0.05, 0) is 31.5 Å². The molecule has 0 radical (unpaired) electrons. The number of rotatable bonds is 6. The van der Waals surface area contributed by atoms with Gasteiger partial charge in [-0.1, -0.05) is 12.1 Å². The summed E-state index contributed by atoms with van der Waals surface area (Å²) in [7, 11) is -3.32. The minimum atomic E-state index is -3.32. The first-order chi connectivity index (χ1) is 9.13. The van der Waals surface area contributed by atoms with Crippen molar-refractivity contribution in [1.82, 2.24) is 10.0 Å². The highest BCUT2D eigenvalue weighted by atomic mass is 35.5. The summed E-state index contributed by atoms with van der Waals surface area (Å²) in [5.41, 5.74) is 0.596. The Bertz CT molecular complexity index is 585.